The van der Waals surface area contributed by atoms with Crippen LogP contribution in [0.1, 0.15) is 18.0 Å². The Balaban J connectivity index is 1.56. The Kier molecular flexibility index (Phi) is 6.98. The molecule has 2 aromatic rings. The number of rotatable bonds is 7. The van der Waals surface area contributed by atoms with E-state index in [1.54, 1.807) is 7.11 Å². The molecule has 29 heavy (non-hydrogen) atoms. The van der Waals surface area contributed by atoms with Gasteiger partial charge in [-0.25, -0.2) is 0 Å². The fourth-order valence-corrected chi connectivity index (χ4v) is 3.78. The van der Waals surface area contributed by atoms with Crippen LogP contribution in [-0.2, 0) is 7.05 Å². The van der Waals surface area contributed by atoms with Crippen molar-refractivity contribution in [2.75, 3.05) is 52.8 Å². The van der Waals surface area contributed by atoms with Crippen molar-refractivity contribution < 1.29 is 4.74 Å². The number of ether oxygens (including phenoxy) is 1. The molecule has 1 fully saturated rings. The minimum Gasteiger partial charge on any atom is -0.495 e. The van der Waals surface area contributed by atoms with Crippen LogP contribution in [0.25, 0.3) is 0 Å². The average molecular weight is 400 g/mol. The third kappa shape index (κ3) is 5.20. The number of guanidine groups is 1. The summed E-state index contributed by atoms with van der Waals surface area (Å²) in [6, 6.07) is 8.74. The molecule has 1 aliphatic heterocycles. The van der Waals surface area contributed by atoms with Crippen LogP contribution in [0.5, 0.6) is 5.75 Å². The van der Waals surface area contributed by atoms with Crippen LogP contribution in [0.3, 0.4) is 0 Å². The van der Waals surface area contributed by atoms with Gasteiger partial charge in [0, 0.05) is 51.5 Å². The molecule has 2 unspecified atom stereocenters. The van der Waals surface area contributed by atoms with E-state index in [0.29, 0.717) is 6.04 Å². The number of aromatic nitrogens is 2. The highest BCUT2D eigenvalue weighted by molar-refractivity contribution is 5.80. The maximum absolute atomic E-state index is 5.52. The normalized spacial score (nSPS) is 18.2. The Labute approximate surface area is 173 Å². The van der Waals surface area contributed by atoms with Crippen molar-refractivity contribution in [1.29, 1.82) is 0 Å². The van der Waals surface area contributed by atoms with E-state index in [-0.39, 0.29) is 6.04 Å². The van der Waals surface area contributed by atoms with Gasteiger partial charge in [-0.15, -0.1) is 0 Å². The van der Waals surface area contributed by atoms with Crippen LogP contribution >= 0.6 is 0 Å². The molecule has 1 aromatic carbocycles. The van der Waals surface area contributed by atoms with Crippen molar-refractivity contribution in [1.82, 2.24) is 25.3 Å². The van der Waals surface area contributed by atoms with Crippen molar-refractivity contribution >= 4 is 11.6 Å². The first-order valence-electron chi connectivity index (χ1n) is 10.0. The van der Waals surface area contributed by atoms with E-state index in [4.69, 9.17) is 4.74 Å². The van der Waals surface area contributed by atoms with Crippen molar-refractivity contribution in [2.24, 2.45) is 12.0 Å². The van der Waals surface area contributed by atoms with Gasteiger partial charge in [0.25, 0.3) is 0 Å². The Morgan fingerprint density at radius 1 is 1.38 bits per heavy atom. The molecule has 158 valence electrons. The zero-order chi connectivity index (χ0) is 20.8. The number of methoxy groups -OCH3 is 1. The first-order chi connectivity index (χ1) is 14.0. The first-order valence-corrected chi connectivity index (χ1v) is 10.0. The van der Waals surface area contributed by atoms with Gasteiger partial charge in [0.1, 0.15) is 5.75 Å². The van der Waals surface area contributed by atoms with E-state index in [2.05, 4.69) is 62.9 Å². The van der Waals surface area contributed by atoms with Gasteiger partial charge in [-0.05, 0) is 32.6 Å². The van der Waals surface area contributed by atoms with Gasteiger partial charge in [0.05, 0.1) is 25.0 Å². The minimum absolute atomic E-state index is 0.218. The number of anilines is 1. The van der Waals surface area contributed by atoms with Crippen LogP contribution < -0.4 is 20.3 Å². The molecular formula is C21H33N7O. The SMILES string of the molecule is CN=C(NCC(c1cnn(C)c1)N(C)C)NC1CCN(c2ccccc2OC)C1. The third-order valence-corrected chi connectivity index (χ3v) is 5.37. The number of aryl methyl sites for hydroxylation is 1. The molecule has 0 radical (unpaired) electrons. The molecule has 2 atom stereocenters. The van der Waals surface area contributed by atoms with E-state index in [0.717, 1.165) is 43.5 Å². The lowest BCUT2D eigenvalue weighted by Crippen LogP contribution is -2.46. The molecule has 0 saturated carbocycles. The summed E-state index contributed by atoms with van der Waals surface area (Å²) >= 11 is 0. The van der Waals surface area contributed by atoms with Gasteiger partial charge >= 0.3 is 0 Å². The summed E-state index contributed by atoms with van der Waals surface area (Å²) in [5, 5.41) is 11.4. The van der Waals surface area contributed by atoms with E-state index in [9.17, 15) is 0 Å². The third-order valence-electron chi connectivity index (χ3n) is 5.37. The summed E-state index contributed by atoms with van der Waals surface area (Å²) in [4.78, 5) is 8.98. The number of benzene rings is 1. The van der Waals surface area contributed by atoms with Gasteiger partial charge < -0.3 is 25.2 Å². The summed E-state index contributed by atoms with van der Waals surface area (Å²) in [6.45, 7) is 2.66. The Hall–Kier alpha value is -2.74. The lowest BCUT2D eigenvalue weighted by atomic mass is 10.1. The van der Waals surface area contributed by atoms with Gasteiger partial charge in [-0.3, -0.25) is 9.67 Å². The molecule has 1 aromatic heterocycles. The molecule has 0 spiro atoms. The van der Waals surface area contributed by atoms with Crippen molar-refractivity contribution in [3.8, 4) is 5.75 Å². The Morgan fingerprint density at radius 2 is 2.17 bits per heavy atom. The van der Waals surface area contributed by atoms with Crippen LogP contribution in [0.2, 0.25) is 0 Å². The maximum atomic E-state index is 5.52. The van der Waals surface area contributed by atoms with E-state index in [1.807, 2.05) is 37.1 Å². The van der Waals surface area contributed by atoms with Crippen LogP contribution in [0.4, 0.5) is 5.69 Å². The topological polar surface area (TPSA) is 70.0 Å². The predicted octanol–water partition coefficient (Wildman–Crippen LogP) is 1.48. The number of hydrogen-bond acceptors (Lipinski definition) is 5. The van der Waals surface area contributed by atoms with Crippen LogP contribution in [0, 0.1) is 0 Å². The monoisotopic (exact) mass is 399 g/mol. The summed E-state index contributed by atoms with van der Waals surface area (Å²) in [7, 11) is 9.64. The highest BCUT2D eigenvalue weighted by Gasteiger charge is 2.25. The van der Waals surface area contributed by atoms with E-state index in [1.165, 1.54) is 5.56 Å². The van der Waals surface area contributed by atoms with Gasteiger partial charge in [0.2, 0.25) is 0 Å². The fraction of sp³-hybridized carbons (Fsp3) is 0.524. The van der Waals surface area contributed by atoms with E-state index >= 15 is 0 Å². The van der Waals surface area contributed by atoms with Gasteiger partial charge in [0.15, 0.2) is 5.96 Å². The maximum Gasteiger partial charge on any atom is 0.191 e. The molecule has 8 heteroatoms. The molecule has 2 N–H and O–H groups in total. The average Bonchev–Trinajstić information content (AvgIpc) is 3.36. The predicted molar refractivity (Wildman–Crippen MR) is 118 cm³/mol. The Morgan fingerprint density at radius 3 is 2.83 bits per heavy atom. The molecule has 1 saturated heterocycles. The highest BCUT2D eigenvalue weighted by Crippen LogP contribution is 2.30. The number of aliphatic imine (C=N–C) groups is 1. The summed E-state index contributed by atoms with van der Waals surface area (Å²) < 4.78 is 7.35. The van der Waals surface area contributed by atoms with Crippen LogP contribution in [0.15, 0.2) is 41.7 Å². The van der Waals surface area contributed by atoms with Gasteiger partial charge in [-0.2, -0.15) is 5.10 Å². The number of para-hydroxylation sites is 2. The summed E-state index contributed by atoms with van der Waals surface area (Å²) in [5.74, 6) is 1.74. The second-order valence-corrected chi connectivity index (χ2v) is 7.63. The first kappa shape index (κ1) is 21.0. The molecule has 1 aliphatic rings. The number of nitrogens with zero attached hydrogens (tertiary/aromatic N) is 5. The largest absolute Gasteiger partial charge is 0.495 e. The number of nitrogens with one attached hydrogen (secondary N) is 2. The lowest BCUT2D eigenvalue weighted by Gasteiger charge is -2.26. The minimum atomic E-state index is 0.218. The molecule has 8 nitrogen and oxygen atoms in total. The lowest BCUT2D eigenvalue weighted by molar-refractivity contribution is 0.298. The molecule has 0 aliphatic carbocycles. The highest BCUT2D eigenvalue weighted by atomic mass is 16.5. The number of likely N-dealkylation sites (N-methyl/N-ethyl adjacent to an activating group) is 1. The molecule has 0 amide bonds. The second kappa shape index (κ2) is 9.65. The van der Waals surface area contributed by atoms with Gasteiger partial charge in [-0.1, -0.05) is 12.1 Å². The van der Waals surface area contributed by atoms with Crippen molar-refractivity contribution in [3.63, 3.8) is 0 Å². The van der Waals surface area contributed by atoms with Crippen molar-refractivity contribution in [3.05, 3.63) is 42.2 Å². The van der Waals surface area contributed by atoms with Crippen molar-refractivity contribution in [2.45, 2.75) is 18.5 Å². The fourth-order valence-electron chi connectivity index (χ4n) is 3.78. The zero-order valence-corrected chi connectivity index (χ0v) is 18.1. The molecular weight excluding hydrogens is 366 g/mol. The molecule has 0 bridgehead atoms. The summed E-state index contributed by atoms with van der Waals surface area (Å²) in [5.41, 5.74) is 2.33. The van der Waals surface area contributed by atoms with E-state index < -0.39 is 0 Å². The number of hydrogen-bond donors (Lipinski definition) is 2. The summed E-state index contributed by atoms with van der Waals surface area (Å²) in [6.07, 6.45) is 5.04. The Bertz CT molecular complexity index is 817. The zero-order valence-electron chi connectivity index (χ0n) is 18.1. The second-order valence-electron chi connectivity index (χ2n) is 7.63. The smallest absolute Gasteiger partial charge is 0.191 e. The molecule has 2 heterocycles. The quantitative estimate of drug-likeness (QED) is 0.543. The standard InChI is InChI=1S/C21H33N7O/c1-22-21(23-13-19(26(2)3)16-12-24-27(4)14-16)25-17-10-11-28(15-17)18-8-6-7-9-20(18)29-5/h6-9,12,14,17,19H,10-11,13,15H2,1-5H3,(H2,22,23,25). The molecule has 3 rings (SSSR count). The van der Waals surface area contributed by atoms with Crippen LogP contribution in [-0.4, -0.2) is 74.6 Å².